The molecular weight excluding hydrogens is 745 g/mol. The van der Waals surface area contributed by atoms with E-state index in [0.29, 0.717) is 0 Å². The fourth-order valence-corrected chi connectivity index (χ4v) is 12.4. The van der Waals surface area contributed by atoms with E-state index in [0.717, 1.165) is 0 Å². The van der Waals surface area contributed by atoms with E-state index in [2.05, 4.69) is 220 Å². The predicted molar refractivity (Wildman–Crippen MR) is 261 cm³/mol. The SMILES string of the molecule is CC1(C)c2ccccc2-c2ccc(-c3c4ccccc4c(-c4ccc5cc6c(cc5c4)C4(c5ccccc5-c5ccccc54)c4ccc5ccccc5c4-6)c4ccccc34)cc21. The molecule has 3 aliphatic rings. The van der Waals surface area contributed by atoms with Crippen LogP contribution < -0.4 is 0 Å². The van der Waals surface area contributed by atoms with Gasteiger partial charge in [0.1, 0.15) is 0 Å². The van der Waals surface area contributed by atoms with Gasteiger partial charge in [0, 0.05) is 5.41 Å². The third-order valence-electron chi connectivity index (χ3n) is 15.0. The molecule has 3 aliphatic carbocycles. The van der Waals surface area contributed by atoms with Crippen molar-refractivity contribution in [3.63, 3.8) is 0 Å². The van der Waals surface area contributed by atoms with E-state index in [1.54, 1.807) is 0 Å². The minimum absolute atomic E-state index is 0.0749. The first kappa shape index (κ1) is 34.2. The highest BCUT2D eigenvalue weighted by Gasteiger charge is 2.52. The van der Waals surface area contributed by atoms with Gasteiger partial charge in [0.15, 0.2) is 0 Å². The molecule has 0 fully saturated rings. The minimum Gasteiger partial charge on any atom is -0.0619 e. The van der Waals surface area contributed by atoms with Gasteiger partial charge in [0.05, 0.1) is 5.41 Å². The maximum atomic E-state index is 2.55. The third kappa shape index (κ3) is 4.22. The Morgan fingerprint density at radius 3 is 1.39 bits per heavy atom. The fourth-order valence-electron chi connectivity index (χ4n) is 12.4. The molecule has 62 heavy (non-hydrogen) atoms. The van der Waals surface area contributed by atoms with Crippen LogP contribution in [-0.4, -0.2) is 0 Å². The molecular formula is C62H40. The van der Waals surface area contributed by atoms with Gasteiger partial charge in [-0.05, 0) is 156 Å². The molecule has 11 aromatic carbocycles. The zero-order chi connectivity index (χ0) is 40.9. The lowest BCUT2D eigenvalue weighted by Gasteiger charge is -2.30. The zero-order valence-electron chi connectivity index (χ0n) is 34.6. The second kappa shape index (κ2) is 12.1. The van der Waals surface area contributed by atoms with Gasteiger partial charge in [-0.15, -0.1) is 0 Å². The summed E-state index contributed by atoms with van der Waals surface area (Å²) >= 11 is 0. The van der Waals surface area contributed by atoms with Crippen LogP contribution in [0.3, 0.4) is 0 Å². The maximum Gasteiger partial charge on any atom is 0.0725 e. The first-order chi connectivity index (χ1) is 30.5. The van der Waals surface area contributed by atoms with E-state index in [1.165, 1.54) is 132 Å². The molecule has 0 bridgehead atoms. The van der Waals surface area contributed by atoms with E-state index in [1.807, 2.05) is 0 Å². The molecule has 0 saturated heterocycles. The number of hydrogen-bond donors (Lipinski definition) is 0. The van der Waals surface area contributed by atoms with Gasteiger partial charge in [-0.25, -0.2) is 0 Å². The van der Waals surface area contributed by atoms with Gasteiger partial charge in [-0.3, -0.25) is 0 Å². The van der Waals surface area contributed by atoms with Gasteiger partial charge in [0.2, 0.25) is 0 Å². The summed E-state index contributed by atoms with van der Waals surface area (Å²) in [4.78, 5) is 0. The van der Waals surface area contributed by atoms with Crippen LogP contribution in [0.5, 0.6) is 0 Å². The molecule has 1 spiro atoms. The highest BCUT2D eigenvalue weighted by Crippen LogP contribution is 2.64. The van der Waals surface area contributed by atoms with Crippen molar-refractivity contribution in [3.8, 4) is 55.6 Å². The van der Waals surface area contributed by atoms with Crippen molar-refractivity contribution in [1.82, 2.24) is 0 Å². The Morgan fingerprint density at radius 1 is 0.258 bits per heavy atom. The lowest BCUT2D eigenvalue weighted by Crippen LogP contribution is -2.25. The van der Waals surface area contributed by atoms with Crippen LogP contribution in [0.2, 0.25) is 0 Å². The molecule has 0 heteroatoms. The fraction of sp³-hybridized carbons (Fsp3) is 0.0645. The first-order valence-electron chi connectivity index (χ1n) is 22.0. The van der Waals surface area contributed by atoms with Crippen molar-refractivity contribution in [1.29, 1.82) is 0 Å². The summed E-state index contributed by atoms with van der Waals surface area (Å²) in [5, 5.41) is 10.2. The van der Waals surface area contributed by atoms with Crippen LogP contribution in [0.15, 0.2) is 206 Å². The van der Waals surface area contributed by atoms with Crippen molar-refractivity contribution in [3.05, 3.63) is 240 Å². The lowest BCUT2D eigenvalue weighted by atomic mass is 9.70. The second-order valence-electron chi connectivity index (χ2n) is 18.3. The molecule has 11 aromatic rings. The topological polar surface area (TPSA) is 0 Å². The Kier molecular flexibility index (Phi) is 6.65. The Labute approximate surface area is 361 Å². The highest BCUT2D eigenvalue weighted by molar-refractivity contribution is 6.22. The van der Waals surface area contributed by atoms with E-state index in [-0.39, 0.29) is 5.41 Å². The highest BCUT2D eigenvalue weighted by atomic mass is 14.5. The summed E-state index contributed by atoms with van der Waals surface area (Å²) in [7, 11) is 0. The Balaban J connectivity index is 1.02. The molecule has 0 saturated carbocycles. The standard InChI is InChI=1S/C62H40/c1-61(2)52-24-12-9-17-43(52)46-31-29-40(35-56(46)61)59-49-22-7-5-20-47(49)58(48-21-6-8-23-50(48)59)39-28-27-38-34-51-57(36-41(38)33-39)62(55-32-30-37-15-3-4-16-42(37)60(51)55)53-25-13-10-18-44(53)45-19-11-14-26-54(45)62/h3-36H,1-2H3. The summed E-state index contributed by atoms with van der Waals surface area (Å²) in [6.07, 6.45) is 0. The molecule has 0 aliphatic heterocycles. The average molecular weight is 785 g/mol. The summed E-state index contributed by atoms with van der Waals surface area (Å²) in [5.74, 6) is 0. The summed E-state index contributed by atoms with van der Waals surface area (Å²) < 4.78 is 0. The van der Waals surface area contributed by atoms with Crippen molar-refractivity contribution >= 4 is 43.1 Å². The number of hydrogen-bond acceptors (Lipinski definition) is 0. The van der Waals surface area contributed by atoms with Crippen LogP contribution in [0.4, 0.5) is 0 Å². The zero-order valence-corrected chi connectivity index (χ0v) is 34.6. The van der Waals surface area contributed by atoms with Crippen molar-refractivity contribution < 1.29 is 0 Å². The second-order valence-corrected chi connectivity index (χ2v) is 18.3. The number of rotatable bonds is 2. The molecule has 0 radical (unpaired) electrons. The van der Waals surface area contributed by atoms with Crippen LogP contribution in [0.25, 0.3) is 98.7 Å². The summed E-state index contributed by atoms with van der Waals surface area (Å²) in [6.45, 7) is 4.76. The largest absolute Gasteiger partial charge is 0.0725 e. The third-order valence-corrected chi connectivity index (χ3v) is 15.0. The minimum atomic E-state index is -0.418. The lowest BCUT2D eigenvalue weighted by molar-refractivity contribution is 0.660. The Bertz CT molecular complexity index is 3680. The molecule has 0 N–H and O–H groups in total. The smallest absolute Gasteiger partial charge is 0.0619 e. The molecule has 0 amide bonds. The number of benzene rings is 11. The van der Waals surface area contributed by atoms with Crippen molar-refractivity contribution in [2.24, 2.45) is 0 Å². The normalized spacial score (nSPS) is 14.5. The van der Waals surface area contributed by atoms with E-state index >= 15 is 0 Å². The van der Waals surface area contributed by atoms with Crippen molar-refractivity contribution in [2.75, 3.05) is 0 Å². The van der Waals surface area contributed by atoms with Gasteiger partial charge in [-0.1, -0.05) is 196 Å². The van der Waals surface area contributed by atoms with Crippen molar-refractivity contribution in [2.45, 2.75) is 24.7 Å². The van der Waals surface area contributed by atoms with Crippen LogP contribution in [-0.2, 0) is 10.8 Å². The van der Waals surface area contributed by atoms with Crippen LogP contribution >= 0.6 is 0 Å². The van der Waals surface area contributed by atoms with E-state index in [9.17, 15) is 0 Å². The van der Waals surface area contributed by atoms with Crippen LogP contribution in [0.1, 0.15) is 47.2 Å². The quantitative estimate of drug-likeness (QED) is 0.153. The monoisotopic (exact) mass is 784 g/mol. The molecule has 0 heterocycles. The van der Waals surface area contributed by atoms with Crippen LogP contribution in [0, 0.1) is 0 Å². The molecule has 0 aromatic heterocycles. The van der Waals surface area contributed by atoms with E-state index < -0.39 is 5.41 Å². The molecule has 0 nitrogen and oxygen atoms in total. The Morgan fingerprint density at radius 2 is 0.742 bits per heavy atom. The molecule has 0 unspecified atom stereocenters. The molecule has 288 valence electrons. The average Bonchev–Trinajstić information content (AvgIpc) is 3.87. The molecule has 0 atom stereocenters. The van der Waals surface area contributed by atoms with E-state index in [4.69, 9.17) is 0 Å². The predicted octanol–water partition coefficient (Wildman–Crippen LogP) is 16.3. The first-order valence-corrected chi connectivity index (χ1v) is 22.0. The number of fused-ring (bicyclic) bond motifs is 18. The van der Waals surface area contributed by atoms with Gasteiger partial charge in [-0.2, -0.15) is 0 Å². The van der Waals surface area contributed by atoms with Gasteiger partial charge < -0.3 is 0 Å². The Hall–Kier alpha value is -7.54. The maximum absolute atomic E-state index is 2.55. The summed E-state index contributed by atoms with van der Waals surface area (Å²) in [6, 6.07) is 78.5. The van der Waals surface area contributed by atoms with Gasteiger partial charge in [0.25, 0.3) is 0 Å². The molecule has 14 rings (SSSR count). The summed E-state index contributed by atoms with van der Waals surface area (Å²) in [5.41, 5.74) is 21.0. The van der Waals surface area contributed by atoms with Gasteiger partial charge >= 0.3 is 0 Å².